The van der Waals surface area contributed by atoms with E-state index in [2.05, 4.69) is 18.7 Å². The summed E-state index contributed by atoms with van der Waals surface area (Å²) < 4.78 is 6.15. The molecule has 140 valence electrons. The van der Waals surface area contributed by atoms with Crippen molar-refractivity contribution >= 4 is 5.78 Å². The molecule has 3 nitrogen and oxygen atoms in total. The number of ketones is 1. The molecule has 1 aliphatic rings. The second-order valence-corrected chi connectivity index (χ2v) is 7.40. The van der Waals surface area contributed by atoms with Crippen molar-refractivity contribution in [3.05, 3.63) is 35.4 Å². The molecule has 2 rings (SSSR count). The molecule has 0 bridgehead atoms. The molecule has 1 heterocycles. The van der Waals surface area contributed by atoms with Crippen LogP contribution in [0.5, 0.6) is 0 Å². The van der Waals surface area contributed by atoms with Gasteiger partial charge in [0.25, 0.3) is 0 Å². The van der Waals surface area contributed by atoms with Crippen LogP contribution >= 0.6 is 0 Å². The number of likely N-dealkylation sites (tertiary alicyclic amines) is 1. The average Bonchev–Trinajstić information content (AvgIpc) is 2.62. The summed E-state index contributed by atoms with van der Waals surface area (Å²) in [4.78, 5) is 14.9. The first-order valence-electron chi connectivity index (χ1n) is 10.1. The lowest BCUT2D eigenvalue weighted by Gasteiger charge is -2.41. The fraction of sp³-hybridized carbons (Fsp3) is 0.682. The van der Waals surface area contributed by atoms with E-state index in [1.165, 1.54) is 19.3 Å². The Hall–Kier alpha value is -1.19. The Morgan fingerprint density at radius 1 is 1.16 bits per heavy atom. The number of rotatable bonds is 10. The molecule has 1 saturated heterocycles. The molecule has 1 aromatic rings. The molecule has 0 aliphatic carbocycles. The topological polar surface area (TPSA) is 29.5 Å². The van der Waals surface area contributed by atoms with Crippen LogP contribution in [0.25, 0.3) is 0 Å². The standard InChI is InChI=1S/C22H35NO2/c1-4-6-13-22(25-5-2)14-17-23(18-15-22)16-9-12-21(24)20-11-8-7-10-19(20)3/h7-8,10-11H,4-6,9,12-18H2,1-3H3. The lowest BCUT2D eigenvalue weighted by molar-refractivity contribution is -0.0854. The summed E-state index contributed by atoms with van der Waals surface area (Å²) in [6, 6.07) is 7.90. The average molecular weight is 346 g/mol. The number of unbranched alkanes of at least 4 members (excludes halogenated alkanes) is 1. The van der Waals surface area contributed by atoms with Crippen molar-refractivity contribution in [1.29, 1.82) is 0 Å². The number of hydrogen-bond donors (Lipinski definition) is 0. The molecule has 1 fully saturated rings. The second-order valence-electron chi connectivity index (χ2n) is 7.40. The fourth-order valence-electron chi connectivity index (χ4n) is 3.94. The van der Waals surface area contributed by atoms with E-state index >= 15 is 0 Å². The summed E-state index contributed by atoms with van der Waals surface area (Å²) in [6.45, 7) is 10.4. The minimum Gasteiger partial charge on any atom is -0.375 e. The number of carbonyl (C=O) groups excluding carboxylic acids is 1. The number of ether oxygens (including phenoxy) is 1. The first-order valence-corrected chi connectivity index (χ1v) is 10.1. The van der Waals surface area contributed by atoms with Crippen LogP contribution in [0.15, 0.2) is 24.3 Å². The lowest BCUT2D eigenvalue weighted by Crippen LogP contribution is -2.46. The van der Waals surface area contributed by atoms with Gasteiger partial charge in [0.05, 0.1) is 5.60 Å². The van der Waals surface area contributed by atoms with E-state index in [0.29, 0.717) is 6.42 Å². The van der Waals surface area contributed by atoms with Crippen LogP contribution in [-0.4, -0.2) is 42.5 Å². The van der Waals surface area contributed by atoms with E-state index in [0.717, 1.165) is 56.6 Å². The third-order valence-corrected chi connectivity index (χ3v) is 5.53. The highest BCUT2D eigenvalue weighted by molar-refractivity contribution is 5.97. The minimum atomic E-state index is 0.109. The Balaban J connectivity index is 1.74. The minimum absolute atomic E-state index is 0.109. The van der Waals surface area contributed by atoms with Gasteiger partial charge in [0.2, 0.25) is 0 Å². The van der Waals surface area contributed by atoms with Gasteiger partial charge in [-0.3, -0.25) is 4.79 Å². The van der Waals surface area contributed by atoms with Gasteiger partial charge in [0, 0.05) is 31.7 Å². The van der Waals surface area contributed by atoms with Crippen molar-refractivity contribution in [3.8, 4) is 0 Å². The Morgan fingerprint density at radius 2 is 1.88 bits per heavy atom. The van der Waals surface area contributed by atoms with Gasteiger partial charge >= 0.3 is 0 Å². The van der Waals surface area contributed by atoms with Gasteiger partial charge in [-0.05, 0) is 51.6 Å². The van der Waals surface area contributed by atoms with E-state index in [4.69, 9.17) is 4.74 Å². The van der Waals surface area contributed by atoms with E-state index in [1.54, 1.807) is 0 Å². The zero-order chi connectivity index (χ0) is 18.1. The van der Waals surface area contributed by atoms with Crippen molar-refractivity contribution in [2.24, 2.45) is 0 Å². The molecule has 1 aliphatic heterocycles. The molecule has 0 atom stereocenters. The number of carbonyl (C=O) groups is 1. The molecule has 0 N–H and O–H groups in total. The van der Waals surface area contributed by atoms with Crippen LogP contribution in [0, 0.1) is 6.92 Å². The number of benzene rings is 1. The summed E-state index contributed by atoms with van der Waals surface area (Å²) in [7, 11) is 0. The van der Waals surface area contributed by atoms with Crippen molar-refractivity contribution in [3.63, 3.8) is 0 Å². The molecule has 0 radical (unpaired) electrons. The van der Waals surface area contributed by atoms with Crippen LogP contribution in [0.3, 0.4) is 0 Å². The van der Waals surface area contributed by atoms with Gasteiger partial charge in [0.15, 0.2) is 5.78 Å². The summed E-state index contributed by atoms with van der Waals surface area (Å²) in [5.74, 6) is 0.279. The zero-order valence-electron chi connectivity index (χ0n) is 16.4. The van der Waals surface area contributed by atoms with Gasteiger partial charge in [-0.2, -0.15) is 0 Å². The lowest BCUT2D eigenvalue weighted by atomic mass is 9.86. The SMILES string of the molecule is CCCCC1(OCC)CCN(CCCC(=O)c2ccccc2C)CC1. The van der Waals surface area contributed by atoms with Crippen molar-refractivity contribution < 1.29 is 9.53 Å². The Labute approximate surface area is 153 Å². The van der Waals surface area contributed by atoms with Gasteiger partial charge in [-0.15, -0.1) is 0 Å². The van der Waals surface area contributed by atoms with Crippen LogP contribution in [0.1, 0.15) is 74.7 Å². The Bertz CT molecular complexity index is 533. The maximum absolute atomic E-state index is 12.4. The van der Waals surface area contributed by atoms with E-state index < -0.39 is 0 Å². The van der Waals surface area contributed by atoms with Crippen molar-refractivity contribution in [2.75, 3.05) is 26.2 Å². The maximum Gasteiger partial charge on any atom is 0.163 e. The van der Waals surface area contributed by atoms with E-state index in [1.807, 2.05) is 31.2 Å². The molecular formula is C22H35NO2. The monoisotopic (exact) mass is 345 g/mol. The predicted molar refractivity (Wildman–Crippen MR) is 104 cm³/mol. The quantitative estimate of drug-likeness (QED) is 0.558. The number of nitrogens with zero attached hydrogens (tertiary/aromatic N) is 1. The second kappa shape index (κ2) is 10.1. The van der Waals surface area contributed by atoms with Gasteiger partial charge in [-0.25, -0.2) is 0 Å². The number of aryl methyl sites for hydroxylation is 1. The molecule has 3 heteroatoms. The summed E-state index contributed by atoms with van der Waals surface area (Å²) >= 11 is 0. The van der Waals surface area contributed by atoms with Crippen LogP contribution < -0.4 is 0 Å². The molecule has 25 heavy (non-hydrogen) atoms. The Morgan fingerprint density at radius 3 is 2.52 bits per heavy atom. The Kier molecular flexibility index (Phi) is 8.11. The largest absolute Gasteiger partial charge is 0.375 e. The first-order chi connectivity index (χ1) is 12.1. The summed E-state index contributed by atoms with van der Waals surface area (Å²) in [5, 5.41) is 0. The molecular weight excluding hydrogens is 310 g/mol. The highest BCUT2D eigenvalue weighted by Gasteiger charge is 2.34. The highest BCUT2D eigenvalue weighted by Crippen LogP contribution is 2.31. The maximum atomic E-state index is 12.4. The molecule has 0 saturated carbocycles. The van der Waals surface area contributed by atoms with Crippen LogP contribution in [0.4, 0.5) is 0 Å². The molecule has 1 aromatic carbocycles. The number of hydrogen-bond acceptors (Lipinski definition) is 3. The van der Waals surface area contributed by atoms with E-state index in [9.17, 15) is 4.79 Å². The first kappa shape index (κ1) is 20.1. The molecule has 0 unspecified atom stereocenters. The van der Waals surface area contributed by atoms with E-state index in [-0.39, 0.29) is 11.4 Å². The zero-order valence-corrected chi connectivity index (χ0v) is 16.4. The molecule has 0 spiro atoms. The van der Waals surface area contributed by atoms with Gasteiger partial charge < -0.3 is 9.64 Å². The van der Waals surface area contributed by atoms with Gasteiger partial charge in [0.1, 0.15) is 0 Å². The number of Topliss-reactive ketones (excluding diaryl/α,β-unsaturated/α-hetero) is 1. The van der Waals surface area contributed by atoms with Crippen LogP contribution in [-0.2, 0) is 4.74 Å². The summed E-state index contributed by atoms with van der Waals surface area (Å²) in [5.41, 5.74) is 2.08. The van der Waals surface area contributed by atoms with Crippen molar-refractivity contribution in [2.45, 2.75) is 71.3 Å². The van der Waals surface area contributed by atoms with Crippen LogP contribution in [0.2, 0.25) is 0 Å². The third-order valence-electron chi connectivity index (χ3n) is 5.53. The van der Waals surface area contributed by atoms with Gasteiger partial charge in [-0.1, -0.05) is 44.0 Å². The molecule has 0 amide bonds. The number of piperidine rings is 1. The fourth-order valence-corrected chi connectivity index (χ4v) is 3.94. The molecule has 0 aromatic heterocycles. The highest BCUT2D eigenvalue weighted by atomic mass is 16.5. The normalized spacial score (nSPS) is 17.6. The smallest absolute Gasteiger partial charge is 0.163 e. The predicted octanol–water partition coefficient (Wildman–Crippen LogP) is 5.02. The van der Waals surface area contributed by atoms with Crippen molar-refractivity contribution in [1.82, 2.24) is 4.90 Å². The third kappa shape index (κ3) is 5.93. The summed E-state index contributed by atoms with van der Waals surface area (Å²) in [6.07, 6.45) is 7.54.